The SMILES string of the molecule is Cn1c(C(=O)NCCN2CCC[C@H](C(N)=O)C2)ccc1-c1ccccc1. The van der Waals surface area contributed by atoms with Crippen molar-refractivity contribution < 1.29 is 9.59 Å². The van der Waals surface area contributed by atoms with E-state index in [0.29, 0.717) is 18.8 Å². The average Bonchev–Trinajstić information content (AvgIpc) is 3.04. The maximum Gasteiger partial charge on any atom is 0.267 e. The first-order valence-corrected chi connectivity index (χ1v) is 9.07. The van der Waals surface area contributed by atoms with Gasteiger partial charge in [-0.2, -0.15) is 0 Å². The molecule has 3 rings (SSSR count). The largest absolute Gasteiger partial charge is 0.369 e. The van der Waals surface area contributed by atoms with Gasteiger partial charge in [0.05, 0.1) is 5.92 Å². The molecule has 0 radical (unpaired) electrons. The van der Waals surface area contributed by atoms with Gasteiger partial charge in [0.1, 0.15) is 5.69 Å². The predicted molar refractivity (Wildman–Crippen MR) is 102 cm³/mol. The number of rotatable bonds is 6. The van der Waals surface area contributed by atoms with Crippen molar-refractivity contribution in [3.05, 3.63) is 48.2 Å². The third kappa shape index (κ3) is 4.14. The number of nitrogens with two attached hydrogens (primary N) is 1. The Morgan fingerprint density at radius 1 is 1.19 bits per heavy atom. The van der Waals surface area contributed by atoms with Gasteiger partial charge >= 0.3 is 0 Å². The lowest BCUT2D eigenvalue weighted by atomic mass is 9.97. The van der Waals surface area contributed by atoms with Crippen LogP contribution in [0.2, 0.25) is 0 Å². The second-order valence-electron chi connectivity index (χ2n) is 6.83. The smallest absolute Gasteiger partial charge is 0.267 e. The number of piperidine rings is 1. The number of nitrogens with zero attached hydrogens (tertiary/aromatic N) is 2. The van der Waals surface area contributed by atoms with Crippen LogP contribution in [0, 0.1) is 5.92 Å². The first kappa shape index (κ1) is 18.2. The monoisotopic (exact) mass is 354 g/mol. The van der Waals surface area contributed by atoms with Gasteiger partial charge in [-0.3, -0.25) is 9.59 Å². The summed E-state index contributed by atoms with van der Waals surface area (Å²) in [5, 5.41) is 2.98. The number of primary amides is 1. The summed E-state index contributed by atoms with van der Waals surface area (Å²) in [7, 11) is 1.90. The first-order valence-electron chi connectivity index (χ1n) is 9.07. The fourth-order valence-corrected chi connectivity index (χ4v) is 3.55. The van der Waals surface area contributed by atoms with Crippen LogP contribution in [0.3, 0.4) is 0 Å². The normalized spacial score (nSPS) is 17.8. The Morgan fingerprint density at radius 3 is 2.69 bits per heavy atom. The molecule has 0 spiro atoms. The molecule has 3 N–H and O–H groups in total. The molecule has 6 heteroatoms. The van der Waals surface area contributed by atoms with Crippen LogP contribution in [-0.2, 0) is 11.8 Å². The number of carbonyl (C=O) groups excluding carboxylic acids is 2. The van der Waals surface area contributed by atoms with Gasteiger partial charge in [0.15, 0.2) is 0 Å². The lowest BCUT2D eigenvalue weighted by Gasteiger charge is -2.31. The predicted octanol–water partition coefficient (Wildman–Crippen LogP) is 1.62. The molecule has 0 saturated carbocycles. The van der Waals surface area contributed by atoms with Gasteiger partial charge < -0.3 is 20.5 Å². The highest BCUT2D eigenvalue weighted by Crippen LogP contribution is 2.21. The first-order chi connectivity index (χ1) is 12.6. The number of benzene rings is 1. The van der Waals surface area contributed by atoms with E-state index in [9.17, 15) is 9.59 Å². The third-order valence-electron chi connectivity index (χ3n) is 5.05. The van der Waals surface area contributed by atoms with Crippen LogP contribution in [0.4, 0.5) is 0 Å². The molecular weight excluding hydrogens is 328 g/mol. The number of carbonyl (C=O) groups is 2. The van der Waals surface area contributed by atoms with Crippen LogP contribution in [0.15, 0.2) is 42.5 Å². The molecule has 0 aliphatic carbocycles. The van der Waals surface area contributed by atoms with Crippen molar-refractivity contribution in [1.82, 2.24) is 14.8 Å². The Hall–Kier alpha value is -2.60. The van der Waals surface area contributed by atoms with Crippen molar-refractivity contribution in [2.45, 2.75) is 12.8 Å². The third-order valence-corrected chi connectivity index (χ3v) is 5.05. The fourth-order valence-electron chi connectivity index (χ4n) is 3.55. The van der Waals surface area contributed by atoms with Gasteiger partial charge in [0, 0.05) is 32.4 Å². The minimum atomic E-state index is -0.226. The number of amides is 2. The highest BCUT2D eigenvalue weighted by molar-refractivity contribution is 5.93. The summed E-state index contributed by atoms with van der Waals surface area (Å²) in [4.78, 5) is 26.0. The molecule has 2 aromatic rings. The van der Waals surface area contributed by atoms with Gasteiger partial charge in [-0.05, 0) is 37.1 Å². The standard InChI is InChI=1S/C20H26N4O2/c1-23-17(15-6-3-2-4-7-15)9-10-18(23)20(26)22-11-13-24-12-5-8-16(14-24)19(21)25/h2-4,6-7,9-10,16H,5,8,11-14H2,1H3,(H2,21,25)(H,22,26)/t16-/m0/s1. The van der Waals surface area contributed by atoms with Crippen molar-refractivity contribution in [2.75, 3.05) is 26.2 Å². The molecular formula is C20H26N4O2. The van der Waals surface area contributed by atoms with Crippen molar-refractivity contribution in [1.29, 1.82) is 0 Å². The Kier molecular flexibility index (Phi) is 5.73. The highest BCUT2D eigenvalue weighted by atomic mass is 16.2. The van der Waals surface area contributed by atoms with E-state index in [1.54, 1.807) is 0 Å². The average molecular weight is 354 g/mol. The number of nitrogens with one attached hydrogen (secondary N) is 1. The second-order valence-corrected chi connectivity index (χ2v) is 6.83. The summed E-state index contributed by atoms with van der Waals surface area (Å²) in [6, 6.07) is 13.8. The zero-order valence-corrected chi connectivity index (χ0v) is 15.1. The minimum Gasteiger partial charge on any atom is -0.369 e. The Bertz CT molecular complexity index is 769. The fraction of sp³-hybridized carbons (Fsp3) is 0.400. The summed E-state index contributed by atoms with van der Waals surface area (Å²) < 4.78 is 1.91. The molecule has 1 aromatic carbocycles. The molecule has 1 fully saturated rings. The Morgan fingerprint density at radius 2 is 1.96 bits per heavy atom. The lowest BCUT2D eigenvalue weighted by molar-refractivity contribution is -0.123. The number of aromatic nitrogens is 1. The number of likely N-dealkylation sites (tertiary alicyclic amines) is 1. The van der Waals surface area contributed by atoms with E-state index in [1.165, 1.54) is 0 Å². The number of hydrogen-bond donors (Lipinski definition) is 2. The summed E-state index contributed by atoms with van der Waals surface area (Å²) in [5.41, 5.74) is 8.14. The summed E-state index contributed by atoms with van der Waals surface area (Å²) in [5.74, 6) is -0.380. The van der Waals surface area contributed by atoms with Crippen molar-refractivity contribution in [2.24, 2.45) is 18.7 Å². The maximum atomic E-state index is 12.5. The maximum absolute atomic E-state index is 12.5. The highest BCUT2D eigenvalue weighted by Gasteiger charge is 2.23. The van der Waals surface area contributed by atoms with Crippen LogP contribution < -0.4 is 11.1 Å². The minimum absolute atomic E-state index is 0.0687. The van der Waals surface area contributed by atoms with Gasteiger partial charge in [0.25, 0.3) is 5.91 Å². The molecule has 2 amide bonds. The van der Waals surface area contributed by atoms with E-state index in [0.717, 1.165) is 37.2 Å². The van der Waals surface area contributed by atoms with Crippen LogP contribution in [-0.4, -0.2) is 47.5 Å². The van der Waals surface area contributed by atoms with Crippen LogP contribution in [0.1, 0.15) is 23.3 Å². The molecule has 26 heavy (non-hydrogen) atoms. The zero-order chi connectivity index (χ0) is 18.5. The molecule has 2 heterocycles. The van der Waals surface area contributed by atoms with Gasteiger partial charge in [-0.15, -0.1) is 0 Å². The molecule has 1 atom stereocenters. The van der Waals surface area contributed by atoms with Gasteiger partial charge in [0.2, 0.25) is 5.91 Å². The van der Waals surface area contributed by atoms with E-state index in [2.05, 4.69) is 10.2 Å². The Labute approximate surface area is 154 Å². The zero-order valence-electron chi connectivity index (χ0n) is 15.1. The summed E-state index contributed by atoms with van der Waals surface area (Å²) >= 11 is 0. The molecule has 0 unspecified atom stereocenters. The van der Waals surface area contributed by atoms with Crippen molar-refractivity contribution in [3.63, 3.8) is 0 Å². The number of hydrogen-bond acceptors (Lipinski definition) is 3. The molecule has 1 aliphatic heterocycles. The van der Waals surface area contributed by atoms with Gasteiger partial charge in [-0.25, -0.2) is 0 Å². The molecule has 1 aliphatic rings. The molecule has 138 valence electrons. The van der Waals surface area contributed by atoms with Crippen molar-refractivity contribution >= 4 is 11.8 Å². The Balaban J connectivity index is 1.54. The van der Waals surface area contributed by atoms with Crippen LogP contribution in [0.5, 0.6) is 0 Å². The summed E-state index contributed by atoms with van der Waals surface area (Å²) in [6.07, 6.45) is 1.84. The topological polar surface area (TPSA) is 80.4 Å². The van der Waals surface area contributed by atoms with E-state index >= 15 is 0 Å². The summed E-state index contributed by atoms with van der Waals surface area (Å²) in [6.45, 7) is 2.91. The molecule has 0 bridgehead atoms. The van der Waals surface area contributed by atoms with Crippen LogP contribution >= 0.6 is 0 Å². The van der Waals surface area contributed by atoms with Crippen molar-refractivity contribution in [3.8, 4) is 11.3 Å². The quantitative estimate of drug-likeness (QED) is 0.827. The van der Waals surface area contributed by atoms with E-state index in [4.69, 9.17) is 5.73 Å². The van der Waals surface area contributed by atoms with Gasteiger partial charge in [-0.1, -0.05) is 30.3 Å². The van der Waals surface area contributed by atoms with Crippen LogP contribution in [0.25, 0.3) is 11.3 Å². The lowest BCUT2D eigenvalue weighted by Crippen LogP contribution is -2.44. The van der Waals surface area contributed by atoms with E-state index in [1.807, 2.05) is 54.1 Å². The van der Waals surface area contributed by atoms with E-state index < -0.39 is 0 Å². The molecule has 6 nitrogen and oxygen atoms in total. The molecule has 1 aromatic heterocycles. The second kappa shape index (κ2) is 8.19. The van der Waals surface area contributed by atoms with E-state index in [-0.39, 0.29) is 17.7 Å². The molecule has 1 saturated heterocycles.